The molecule has 5 nitrogen and oxygen atoms in total. The summed E-state index contributed by atoms with van der Waals surface area (Å²) in [6, 6.07) is 20.0. The number of anilines is 2. The van der Waals surface area contributed by atoms with Crippen LogP contribution in [0.15, 0.2) is 90.1 Å². The van der Waals surface area contributed by atoms with Crippen molar-refractivity contribution >= 4 is 34.6 Å². The fourth-order valence-corrected chi connectivity index (χ4v) is 4.37. The van der Waals surface area contributed by atoms with Crippen molar-refractivity contribution in [2.24, 2.45) is 0 Å². The molecule has 180 valence electrons. The highest BCUT2D eigenvalue weighted by atomic mass is 32.1. The van der Waals surface area contributed by atoms with Gasteiger partial charge >= 0.3 is 6.18 Å². The van der Waals surface area contributed by atoms with Crippen molar-refractivity contribution in [1.82, 2.24) is 5.32 Å². The van der Waals surface area contributed by atoms with Crippen LogP contribution in [-0.2, 0) is 11.0 Å². The largest absolute Gasteiger partial charge is 0.495 e. The van der Waals surface area contributed by atoms with E-state index in [2.05, 4.69) is 10.6 Å². The zero-order valence-electron chi connectivity index (χ0n) is 18.9. The van der Waals surface area contributed by atoms with Crippen LogP contribution < -0.4 is 20.3 Å². The molecule has 0 radical (unpaired) electrons. The van der Waals surface area contributed by atoms with Gasteiger partial charge < -0.3 is 15.4 Å². The number of hydrogen-bond acceptors (Lipinski definition) is 3. The predicted molar refractivity (Wildman–Crippen MR) is 133 cm³/mol. The van der Waals surface area contributed by atoms with Gasteiger partial charge in [-0.25, -0.2) is 0 Å². The summed E-state index contributed by atoms with van der Waals surface area (Å²) in [5.74, 6) is -0.0423. The van der Waals surface area contributed by atoms with Gasteiger partial charge in [0, 0.05) is 11.4 Å². The maximum Gasteiger partial charge on any atom is 0.416 e. The van der Waals surface area contributed by atoms with Crippen molar-refractivity contribution < 1.29 is 22.7 Å². The number of nitrogens with zero attached hydrogens (tertiary/aromatic N) is 1. The Kier molecular flexibility index (Phi) is 6.79. The minimum absolute atomic E-state index is 0.229. The molecule has 1 aliphatic heterocycles. The fraction of sp³-hybridized carbons (Fsp3) is 0.154. The van der Waals surface area contributed by atoms with Gasteiger partial charge in [-0.05, 0) is 61.1 Å². The van der Waals surface area contributed by atoms with Crippen LogP contribution in [0.25, 0.3) is 0 Å². The van der Waals surface area contributed by atoms with E-state index in [4.69, 9.17) is 17.0 Å². The van der Waals surface area contributed by atoms with Crippen LogP contribution in [0.4, 0.5) is 24.5 Å². The van der Waals surface area contributed by atoms with E-state index in [1.165, 1.54) is 19.2 Å². The summed E-state index contributed by atoms with van der Waals surface area (Å²) in [5.41, 5.74) is 1.33. The number of alkyl halides is 3. The third kappa shape index (κ3) is 5.00. The zero-order valence-corrected chi connectivity index (χ0v) is 19.7. The van der Waals surface area contributed by atoms with Gasteiger partial charge in [0.25, 0.3) is 5.91 Å². The summed E-state index contributed by atoms with van der Waals surface area (Å²) in [5, 5.41) is 6.18. The number of benzene rings is 3. The van der Waals surface area contributed by atoms with Crippen molar-refractivity contribution in [3.8, 4) is 5.75 Å². The highest BCUT2D eigenvalue weighted by Crippen LogP contribution is 2.37. The van der Waals surface area contributed by atoms with Crippen molar-refractivity contribution in [3.63, 3.8) is 0 Å². The molecule has 4 rings (SSSR count). The highest BCUT2D eigenvalue weighted by molar-refractivity contribution is 7.80. The monoisotopic (exact) mass is 497 g/mol. The maximum atomic E-state index is 13.6. The lowest BCUT2D eigenvalue weighted by Crippen LogP contribution is -2.48. The molecule has 2 N–H and O–H groups in total. The molecule has 3 aromatic carbocycles. The highest BCUT2D eigenvalue weighted by Gasteiger charge is 2.37. The van der Waals surface area contributed by atoms with Crippen molar-refractivity contribution in [2.75, 3.05) is 17.3 Å². The van der Waals surface area contributed by atoms with E-state index in [9.17, 15) is 18.0 Å². The maximum absolute atomic E-state index is 13.6. The van der Waals surface area contributed by atoms with Gasteiger partial charge in [0.1, 0.15) is 5.75 Å². The summed E-state index contributed by atoms with van der Waals surface area (Å²) >= 11 is 5.59. The molecule has 0 saturated carbocycles. The van der Waals surface area contributed by atoms with Crippen molar-refractivity contribution in [1.29, 1.82) is 0 Å². The average Bonchev–Trinajstić information content (AvgIpc) is 2.84. The molecule has 0 aromatic heterocycles. The number of allylic oxidation sites excluding steroid dienone is 1. The van der Waals surface area contributed by atoms with E-state index in [1.54, 1.807) is 36.1 Å². The second-order valence-corrected chi connectivity index (χ2v) is 8.22. The number of thiocarbonyl (C=S) groups is 1. The summed E-state index contributed by atoms with van der Waals surface area (Å²) in [6.07, 6.45) is -4.53. The number of halogens is 3. The molecule has 0 saturated heterocycles. The van der Waals surface area contributed by atoms with Crippen LogP contribution >= 0.6 is 12.2 Å². The smallest absolute Gasteiger partial charge is 0.416 e. The lowest BCUT2D eigenvalue weighted by molar-refractivity contribution is -0.137. The van der Waals surface area contributed by atoms with E-state index >= 15 is 0 Å². The van der Waals surface area contributed by atoms with Crippen molar-refractivity contribution in [2.45, 2.75) is 19.1 Å². The number of carbonyl (C=O) groups excluding carboxylic acids is 1. The molecule has 9 heteroatoms. The molecule has 35 heavy (non-hydrogen) atoms. The number of nitrogens with one attached hydrogen (secondary N) is 2. The first kappa shape index (κ1) is 24.3. The topological polar surface area (TPSA) is 53.6 Å². The van der Waals surface area contributed by atoms with E-state index in [0.29, 0.717) is 22.8 Å². The zero-order chi connectivity index (χ0) is 25.2. The Hall–Kier alpha value is -3.85. The van der Waals surface area contributed by atoms with Gasteiger partial charge in [0.05, 0.1) is 30.0 Å². The second-order valence-electron chi connectivity index (χ2n) is 7.83. The number of carbonyl (C=O) groups is 1. The molecule has 1 heterocycles. The SMILES string of the molecule is COc1ccccc1NC(=O)C1=C(C)N(c2ccccc2)C(=S)N[C@@H]1c1cccc(C(F)(F)F)c1. The minimum atomic E-state index is -4.53. The summed E-state index contributed by atoms with van der Waals surface area (Å²) in [6.45, 7) is 1.72. The minimum Gasteiger partial charge on any atom is -0.495 e. The van der Waals surface area contributed by atoms with E-state index < -0.39 is 23.7 Å². The normalized spacial score (nSPS) is 16.1. The quantitative estimate of drug-likeness (QED) is 0.420. The second kappa shape index (κ2) is 9.79. The van der Waals surface area contributed by atoms with Crippen LogP contribution in [-0.4, -0.2) is 18.1 Å². The van der Waals surface area contributed by atoms with Gasteiger partial charge in [0.2, 0.25) is 0 Å². The predicted octanol–water partition coefficient (Wildman–Crippen LogP) is 6.06. The number of ether oxygens (including phenoxy) is 1. The van der Waals surface area contributed by atoms with Gasteiger partial charge in [-0.1, -0.05) is 42.5 Å². The lowest BCUT2D eigenvalue weighted by Gasteiger charge is -2.38. The van der Waals surface area contributed by atoms with Crippen LogP contribution in [0.5, 0.6) is 5.75 Å². The van der Waals surface area contributed by atoms with Gasteiger partial charge in [-0.3, -0.25) is 9.69 Å². The van der Waals surface area contributed by atoms with Crippen LogP contribution in [0.3, 0.4) is 0 Å². The number of methoxy groups -OCH3 is 1. The lowest BCUT2D eigenvalue weighted by atomic mass is 9.92. The summed E-state index contributed by atoms with van der Waals surface area (Å²) in [4.78, 5) is 15.3. The Labute approximate surface area is 206 Å². The molecule has 0 unspecified atom stereocenters. The molecule has 0 spiro atoms. The molecule has 3 aromatic rings. The van der Waals surface area contributed by atoms with Crippen LogP contribution in [0.2, 0.25) is 0 Å². The van der Waals surface area contributed by atoms with Gasteiger partial charge in [0.15, 0.2) is 5.11 Å². The standard InChI is InChI=1S/C26H22F3N3O2S/c1-16-22(24(33)30-20-13-6-7-14-21(20)34-2)23(17-9-8-10-18(15-17)26(27,28)29)31-25(35)32(16)19-11-4-3-5-12-19/h3-15,23H,1-2H3,(H,30,33)(H,31,35)/t23-/m1/s1. The molecule has 1 amide bonds. The van der Waals surface area contributed by atoms with Gasteiger partial charge in [-0.2, -0.15) is 13.2 Å². The molecule has 1 aliphatic rings. The van der Waals surface area contributed by atoms with E-state index in [-0.39, 0.29) is 16.2 Å². The first-order chi connectivity index (χ1) is 16.7. The summed E-state index contributed by atoms with van der Waals surface area (Å²) < 4.78 is 45.6. The third-order valence-corrected chi connectivity index (χ3v) is 5.95. The molecular weight excluding hydrogens is 475 g/mol. The number of amides is 1. The molecular formula is C26H22F3N3O2S. The Bertz CT molecular complexity index is 1290. The summed E-state index contributed by atoms with van der Waals surface area (Å²) in [7, 11) is 1.48. The van der Waals surface area contributed by atoms with E-state index in [1.807, 2.05) is 30.3 Å². The average molecular weight is 498 g/mol. The molecule has 0 aliphatic carbocycles. The van der Waals surface area contributed by atoms with Crippen LogP contribution in [0.1, 0.15) is 24.1 Å². The molecule has 0 bridgehead atoms. The van der Waals surface area contributed by atoms with E-state index in [0.717, 1.165) is 12.1 Å². The Balaban J connectivity index is 1.83. The number of para-hydroxylation sites is 3. The molecule has 1 atom stereocenters. The third-order valence-electron chi connectivity index (χ3n) is 5.65. The van der Waals surface area contributed by atoms with Gasteiger partial charge in [-0.15, -0.1) is 0 Å². The van der Waals surface area contributed by atoms with Crippen molar-refractivity contribution in [3.05, 3.63) is 101 Å². The Morgan fingerprint density at radius 3 is 2.40 bits per heavy atom. The Morgan fingerprint density at radius 2 is 1.71 bits per heavy atom. The first-order valence-electron chi connectivity index (χ1n) is 10.7. The first-order valence-corrected chi connectivity index (χ1v) is 11.1. The molecule has 0 fully saturated rings. The number of hydrogen-bond donors (Lipinski definition) is 2. The fourth-order valence-electron chi connectivity index (χ4n) is 4.01. The number of rotatable bonds is 5. The Morgan fingerprint density at radius 1 is 1.03 bits per heavy atom. The van der Waals surface area contributed by atoms with Crippen LogP contribution in [0, 0.1) is 0 Å².